The number of carbonyl (C=O) groups is 2. The lowest BCUT2D eigenvalue weighted by molar-refractivity contribution is -0.134. The number of aryl methyl sites for hydroxylation is 2. The van der Waals surface area contributed by atoms with Gasteiger partial charge < -0.3 is 10.2 Å². The number of benzene rings is 1. The van der Waals surface area contributed by atoms with Crippen molar-refractivity contribution >= 4 is 46.5 Å². The van der Waals surface area contributed by atoms with Crippen LogP contribution in [0.2, 0.25) is 10.0 Å². The van der Waals surface area contributed by atoms with Crippen LogP contribution < -0.4 is 5.32 Å². The van der Waals surface area contributed by atoms with Crippen molar-refractivity contribution in [3.05, 3.63) is 51.5 Å². The van der Waals surface area contributed by atoms with E-state index in [0.29, 0.717) is 34.5 Å². The summed E-state index contributed by atoms with van der Waals surface area (Å²) in [5, 5.41) is 7.53. The number of amides is 2. The largest absolute Gasteiger partial charge is 0.334 e. The molecule has 10 heteroatoms. The van der Waals surface area contributed by atoms with Crippen molar-refractivity contribution in [1.82, 2.24) is 24.5 Å². The van der Waals surface area contributed by atoms with Gasteiger partial charge in [-0.25, -0.2) is 9.50 Å². The fraction of sp³-hybridized carbons (Fsp3) is 0.350. The molecule has 0 unspecified atom stereocenters. The van der Waals surface area contributed by atoms with E-state index in [0.717, 1.165) is 17.0 Å². The zero-order valence-electron chi connectivity index (χ0n) is 16.9. The van der Waals surface area contributed by atoms with Crippen LogP contribution in [0.3, 0.4) is 0 Å². The number of aromatic nitrogens is 4. The van der Waals surface area contributed by atoms with E-state index in [1.54, 1.807) is 22.7 Å². The topological polar surface area (TPSA) is 92.5 Å². The van der Waals surface area contributed by atoms with Gasteiger partial charge in [0.25, 0.3) is 5.78 Å². The van der Waals surface area contributed by atoms with Crippen molar-refractivity contribution in [2.24, 2.45) is 0 Å². The number of carbonyl (C=O) groups excluding carboxylic acids is 2. The monoisotopic (exact) mass is 448 g/mol. The van der Waals surface area contributed by atoms with E-state index in [1.165, 1.54) is 11.2 Å². The van der Waals surface area contributed by atoms with Crippen molar-refractivity contribution in [2.45, 2.75) is 33.6 Å². The third-order valence-electron chi connectivity index (χ3n) is 4.87. The van der Waals surface area contributed by atoms with Gasteiger partial charge in [-0.2, -0.15) is 10.1 Å². The van der Waals surface area contributed by atoms with E-state index in [2.05, 4.69) is 20.4 Å². The summed E-state index contributed by atoms with van der Waals surface area (Å²) >= 11 is 12.2. The molecule has 2 aromatic heterocycles. The molecular formula is C20H22Cl2N6O2. The van der Waals surface area contributed by atoms with Crippen molar-refractivity contribution < 1.29 is 9.59 Å². The van der Waals surface area contributed by atoms with Crippen LogP contribution in [-0.4, -0.2) is 49.4 Å². The first-order chi connectivity index (χ1) is 14.3. The fourth-order valence-electron chi connectivity index (χ4n) is 3.25. The van der Waals surface area contributed by atoms with Crippen LogP contribution in [0.5, 0.6) is 0 Å². The Morgan fingerprint density at radius 1 is 1.20 bits per heavy atom. The summed E-state index contributed by atoms with van der Waals surface area (Å²) < 4.78 is 1.66. The van der Waals surface area contributed by atoms with Gasteiger partial charge in [0.15, 0.2) is 0 Å². The van der Waals surface area contributed by atoms with Gasteiger partial charge in [-0.1, -0.05) is 29.3 Å². The molecule has 0 aliphatic carbocycles. The SMILES string of the molecule is CCN(CC(=O)Nc1c(Cl)cccc1Cl)C(=O)CCc1c(C)nc2ncnn2c1C. The first-order valence-corrected chi connectivity index (χ1v) is 10.2. The number of hydrogen-bond acceptors (Lipinski definition) is 5. The van der Waals surface area contributed by atoms with Crippen molar-refractivity contribution in [3.8, 4) is 0 Å². The number of anilines is 1. The zero-order chi connectivity index (χ0) is 21.8. The summed E-state index contributed by atoms with van der Waals surface area (Å²) in [5.74, 6) is 0.0406. The number of rotatable bonds is 7. The second-order valence-corrected chi connectivity index (χ2v) is 7.60. The number of nitrogens with one attached hydrogen (secondary N) is 1. The highest BCUT2D eigenvalue weighted by molar-refractivity contribution is 6.39. The first kappa shape index (κ1) is 22.0. The van der Waals surface area contributed by atoms with Gasteiger partial charge >= 0.3 is 0 Å². The number of nitrogens with zero attached hydrogens (tertiary/aromatic N) is 5. The molecule has 0 bridgehead atoms. The predicted octanol–water partition coefficient (Wildman–Crippen LogP) is 3.47. The molecule has 0 spiro atoms. The Balaban J connectivity index is 1.64. The Hall–Kier alpha value is -2.71. The van der Waals surface area contributed by atoms with Gasteiger partial charge in [0.1, 0.15) is 6.33 Å². The lowest BCUT2D eigenvalue weighted by Crippen LogP contribution is -2.38. The fourth-order valence-corrected chi connectivity index (χ4v) is 3.75. The van der Waals surface area contributed by atoms with Crippen LogP contribution in [0, 0.1) is 13.8 Å². The molecule has 0 aliphatic heterocycles. The second kappa shape index (κ2) is 9.40. The molecule has 3 rings (SSSR count). The maximum absolute atomic E-state index is 12.7. The van der Waals surface area contributed by atoms with E-state index in [9.17, 15) is 9.59 Å². The Labute approximate surface area is 184 Å². The summed E-state index contributed by atoms with van der Waals surface area (Å²) in [5.41, 5.74) is 3.00. The zero-order valence-corrected chi connectivity index (χ0v) is 18.5. The molecule has 0 saturated heterocycles. The Morgan fingerprint density at radius 3 is 2.57 bits per heavy atom. The summed E-state index contributed by atoms with van der Waals surface area (Å²) in [4.78, 5) is 35.2. The van der Waals surface area contributed by atoms with Gasteiger partial charge in [0.2, 0.25) is 11.8 Å². The van der Waals surface area contributed by atoms with Gasteiger partial charge in [0.05, 0.1) is 22.3 Å². The minimum atomic E-state index is -0.363. The quantitative estimate of drug-likeness (QED) is 0.597. The molecule has 2 heterocycles. The van der Waals surface area contributed by atoms with Gasteiger partial charge in [-0.3, -0.25) is 9.59 Å². The maximum atomic E-state index is 12.7. The molecule has 30 heavy (non-hydrogen) atoms. The third kappa shape index (κ3) is 4.71. The summed E-state index contributed by atoms with van der Waals surface area (Å²) in [6.07, 6.45) is 2.19. The van der Waals surface area contributed by atoms with Crippen LogP contribution >= 0.6 is 23.2 Å². The highest BCUT2D eigenvalue weighted by Gasteiger charge is 2.19. The number of hydrogen-bond donors (Lipinski definition) is 1. The molecule has 1 aromatic carbocycles. The van der Waals surface area contributed by atoms with Gasteiger partial charge in [0, 0.05) is 24.4 Å². The molecule has 0 fully saturated rings. The second-order valence-electron chi connectivity index (χ2n) is 6.79. The minimum Gasteiger partial charge on any atom is -0.334 e. The van der Waals surface area contributed by atoms with E-state index in [4.69, 9.17) is 23.2 Å². The predicted molar refractivity (Wildman–Crippen MR) is 116 cm³/mol. The number of likely N-dealkylation sites (N-methyl/N-ethyl adjacent to an activating group) is 1. The summed E-state index contributed by atoms with van der Waals surface area (Å²) in [6.45, 7) is 5.96. The Bertz CT molecular complexity index is 1080. The molecule has 2 amide bonds. The van der Waals surface area contributed by atoms with E-state index in [-0.39, 0.29) is 24.8 Å². The summed E-state index contributed by atoms with van der Waals surface area (Å²) in [7, 11) is 0. The lowest BCUT2D eigenvalue weighted by Gasteiger charge is -2.21. The molecule has 1 N–H and O–H groups in total. The normalized spacial score (nSPS) is 11.0. The van der Waals surface area contributed by atoms with Crippen LogP contribution in [0.4, 0.5) is 5.69 Å². The maximum Gasteiger partial charge on any atom is 0.252 e. The van der Waals surface area contributed by atoms with Crippen LogP contribution in [-0.2, 0) is 16.0 Å². The smallest absolute Gasteiger partial charge is 0.252 e. The minimum absolute atomic E-state index is 0.0881. The molecule has 8 nitrogen and oxygen atoms in total. The van der Waals surface area contributed by atoms with Gasteiger partial charge in [-0.05, 0) is 44.9 Å². The molecule has 0 aliphatic rings. The number of halogens is 2. The van der Waals surface area contributed by atoms with Crippen molar-refractivity contribution in [2.75, 3.05) is 18.4 Å². The molecule has 0 radical (unpaired) electrons. The summed E-state index contributed by atoms with van der Waals surface area (Å²) in [6, 6.07) is 4.96. The van der Waals surface area contributed by atoms with Crippen LogP contribution in [0.25, 0.3) is 5.78 Å². The first-order valence-electron chi connectivity index (χ1n) is 9.49. The molecule has 3 aromatic rings. The molecule has 158 valence electrons. The molecule has 0 atom stereocenters. The van der Waals surface area contributed by atoms with E-state index in [1.807, 2.05) is 20.8 Å². The highest BCUT2D eigenvalue weighted by Crippen LogP contribution is 2.29. The average Bonchev–Trinajstić information content (AvgIpc) is 3.17. The molecular weight excluding hydrogens is 427 g/mol. The van der Waals surface area contributed by atoms with Crippen LogP contribution in [0.1, 0.15) is 30.3 Å². The number of para-hydroxylation sites is 1. The Morgan fingerprint density at radius 2 is 1.90 bits per heavy atom. The molecule has 0 saturated carbocycles. The Kier molecular flexibility index (Phi) is 6.89. The van der Waals surface area contributed by atoms with Crippen LogP contribution in [0.15, 0.2) is 24.5 Å². The van der Waals surface area contributed by atoms with Gasteiger partial charge in [-0.15, -0.1) is 0 Å². The van der Waals surface area contributed by atoms with Crippen molar-refractivity contribution in [3.63, 3.8) is 0 Å². The lowest BCUT2D eigenvalue weighted by atomic mass is 10.1. The highest BCUT2D eigenvalue weighted by atomic mass is 35.5. The van der Waals surface area contributed by atoms with Crippen molar-refractivity contribution in [1.29, 1.82) is 0 Å². The van der Waals surface area contributed by atoms with E-state index >= 15 is 0 Å². The average molecular weight is 449 g/mol. The standard InChI is InChI=1S/C20H22Cl2N6O2/c1-4-27(10-17(29)26-19-15(21)6-5-7-16(19)22)18(30)9-8-14-12(2)25-20-23-11-24-28(20)13(14)3/h5-7,11H,4,8-10H2,1-3H3,(H,26,29). The number of fused-ring (bicyclic) bond motifs is 1. The third-order valence-corrected chi connectivity index (χ3v) is 5.50. The van der Waals surface area contributed by atoms with E-state index < -0.39 is 0 Å².